The van der Waals surface area contributed by atoms with Gasteiger partial charge in [0.25, 0.3) is 0 Å². The number of carbonyl (C=O) groups excluding carboxylic acids is 1. The summed E-state index contributed by atoms with van der Waals surface area (Å²) in [7, 11) is 0. The van der Waals surface area contributed by atoms with Gasteiger partial charge in [0.15, 0.2) is 11.5 Å². The Labute approximate surface area is 149 Å². The van der Waals surface area contributed by atoms with Gasteiger partial charge in [-0.25, -0.2) is 4.79 Å². The van der Waals surface area contributed by atoms with Crippen molar-refractivity contribution in [1.82, 2.24) is 10.2 Å². The molecule has 6 heteroatoms. The minimum atomic E-state index is -0.0878. The number of urea groups is 1. The van der Waals surface area contributed by atoms with E-state index in [0.717, 1.165) is 27.1 Å². The number of hydrogen-bond donors (Lipinski definition) is 1. The molecular weight excluding hydrogens is 372 g/mol. The maximum absolute atomic E-state index is 12.4. The predicted molar refractivity (Wildman–Crippen MR) is 95.0 cm³/mol. The van der Waals surface area contributed by atoms with Gasteiger partial charge < -0.3 is 19.7 Å². The lowest BCUT2D eigenvalue weighted by Gasteiger charge is -2.21. The summed E-state index contributed by atoms with van der Waals surface area (Å²) >= 11 is 3.44. The SMILES string of the molecule is CCN(Cc1ccc2c(c1)OCO2)C(=O)NCc1cccc(Br)c1. The minimum absolute atomic E-state index is 0.0878. The van der Waals surface area contributed by atoms with Crippen LogP contribution in [0.15, 0.2) is 46.9 Å². The first-order chi connectivity index (χ1) is 11.7. The first kappa shape index (κ1) is 16.6. The summed E-state index contributed by atoms with van der Waals surface area (Å²) in [6.45, 7) is 3.86. The lowest BCUT2D eigenvalue weighted by atomic mass is 10.2. The molecule has 2 amide bonds. The zero-order valence-corrected chi connectivity index (χ0v) is 15.0. The van der Waals surface area contributed by atoms with Crippen LogP contribution < -0.4 is 14.8 Å². The summed E-state index contributed by atoms with van der Waals surface area (Å²) in [5.74, 6) is 1.49. The number of carbonyl (C=O) groups is 1. The van der Waals surface area contributed by atoms with E-state index in [-0.39, 0.29) is 12.8 Å². The van der Waals surface area contributed by atoms with Crippen LogP contribution in [0.2, 0.25) is 0 Å². The van der Waals surface area contributed by atoms with Crippen molar-refractivity contribution in [2.45, 2.75) is 20.0 Å². The van der Waals surface area contributed by atoms with E-state index in [2.05, 4.69) is 21.2 Å². The molecule has 0 aliphatic carbocycles. The molecule has 0 saturated carbocycles. The Kier molecular flexibility index (Phi) is 5.25. The fourth-order valence-electron chi connectivity index (χ4n) is 2.52. The van der Waals surface area contributed by atoms with Gasteiger partial charge in [0.2, 0.25) is 6.79 Å². The first-order valence-electron chi connectivity index (χ1n) is 7.81. The molecule has 1 aliphatic rings. The highest BCUT2D eigenvalue weighted by Crippen LogP contribution is 2.32. The van der Waals surface area contributed by atoms with Gasteiger partial charge in [-0.05, 0) is 42.3 Å². The molecule has 0 atom stereocenters. The van der Waals surface area contributed by atoms with Gasteiger partial charge in [-0.1, -0.05) is 34.1 Å². The number of fused-ring (bicyclic) bond motifs is 1. The monoisotopic (exact) mass is 390 g/mol. The number of amides is 2. The summed E-state index contributed by atoms with van der Waals surface area (Å²) < 4.78 is 11.7. The number of halogens is 1. The zero-order chi connectivity index (χ0) is 16.9. The number of ether oxygens (including phenoxy) is 2. The molecule has 0 spiro atoms. The van der Waals surface area contributed by atoms with Crippen molar-refractivity contribution < 1.29 is 14.3 Å². The second-order valence-electron chi connectivity index (χ2n) is 5.49. The highest BCUT2D eigenvalue weighted by atomic mass is 79.9. The molecule has 1 heterocycles. The van der Waals surface area contributed by atoms with E-state index >= 15 is 0 Å². The molecule has 0 saturated heterocycles. The van der Waals surface area contributed by atoms with Gasteiger partial charge in [-0.2, -0.15) is 0 Å². The molecule has 126 valence electrons. The van der Waals surface area contributed by atoms with Crippen LogP contribution in [0.5, 0.6) is 11.5 Å². The van der Waals surface area contributed by atoms with Gasteiger partial charge in [0, 0.05) is 24.1 Å². The third kappa shape index (κ3) is 4.00. The van der Waals surface area contributed by atoms with Crippen molar-refractivity contribution >= 4 is 22.0 Å². The van der Waals surface area contributed by atoms with Gasteiger partial charge in [0.1, 0.15) is 0 Å². The molecule has 0 aromatic heterocycles. The molecular formula is C18H19BrN2O3. The maximum atomic E-state index is 12.4. The molecule has 0 unspecified atom stereocenters. The third-order valence-electron chi connectivity index (χ3n) is 3.81. The molecule has 0 bridgehead atoms. The molecule has 0 radical (unpaired) electrons. The number of benzene rings is 2. The highest BCUT2D eigenvalue weighted by Gasteiger charge is 2.16. The Morgan fingerprint density at radius 1 is 1.17 bits per heavy atom. The van der Waals surface area contributed by atoms with Gasteiger partial charge in [0.05, 0.1) is 0 Å². The van der Waals surface area contributed by atoms with Crippen molar-refractivity contribution in [3.05, 3.63) is 58.1 Å². The largest absolute Gasteiger partial charge is 0.454 e. The Balaban J connectivity index is 1.60. The van der Waals surface area contributed by atoms with Crippen LogP contribution in [0.4, 0.5) is 4.79 Å². The van der Waals surface area contributed by atoms with E-state index < -0.39 is 0 Å². The fourth-order valence-corrected chi connectivity index (χ4v) is 2.97. The van der Waals surface area contributed by atoms with E-state index in [1.54, 1.807) is 4.90 Å². The van der Waals surface area contributed by atoms with Gasteiger partial charge in [-0.15, -0.1) is 0 Å². The smallest absolute Gasteiger partial charge is 0.317 e. The van der Waals surface area contributed by atoms with Gasteiger partial charge >= 0.3 is 6.03 Å². The average molecular weight is 391 g/mol. The van der Waals surface area contributed by atoms with Crippen molar-refractivity contribution in [2.75, 3.05) is 13.3 Å². The lowest BCUT2D eigenvalue weighted by molar-refractivity contribution is 0.173. The van der Waals surface area contributed by atoms with E-state index in [9.17, 15) is 4.79 Å². The highest BCUT2D eigenvalue weighted by molar-refractivity contribution is 9.10. The normalized spacial score (nSPS) is 12.1. The molecule has 24 heavy (non-hydrogen) atoms. The number of rotatable bonds is 5. The topological polar surface area (TPSA) is 50.8 Å². The van der Waals surface area contributed by atoms with Crippen LogP contribution in [-0.4, -0.2) is 24.3 Å². The molecule has 0 fully saturated rings. The minimum Gasteiger partial charge on any atom is -0.454 e. The summed E-state index contributed by atoms with van der Waals surface area (Å²) in [4.78, 5) is 14.2. The van der Waals surface area contributed by atoms with Crippen molar-refractivity contribution in [3.63, 3.8) is 0 Å². The van der Waals surface area contributed by atoms with Crippen molar-refractivity contribution in [1.29, 1.82) is 0 Å². The van der Waals surface area contributed by atoms with Crippen molar-refractivity contribution in [3.8, 4) is 11.5 Å². The number of nitrogens with one attached hydrogen (secondary N) is 1. The van der Waals surface area contributed by atoms with Crippen LogP contribution >= 0.6 is 15.9 Å². The number of hydrogen-bond acceptors (Lipinski definition) is 3. The second kappa shape index (κ2) is 7.57. The predicted octanol–water partition coefficient (Wildman–Crippen LogP) is 3.91. The van der Waals surface area contributed by atoms with E-state index in [4.69, 9.17) is 9.47 Å². The summed E-state index contributed by atoms with van der Waals surface area (Å²) in [5.41, 5.74) is 2.07. The van der Waals surface area contributed by atoms with E-state index in [0.29, 0.717) is 19.6 Å². The second-order valence-corrected chi connectivity index (χ2v) is 6.41. The Hall–Kier alpha value is -2.21. The Morgan fingerprint density at radius 3 is 2.79 bits per heavy atom. The number of nitrogens with zero attached hydrogens (tertiary/aromatic N) is 1. The Morgan fingerprint density at radius 2 is 2.00 bits per heavy atom. The van der Waals surface area contributed by atoms with E-state index in [1.807, 2.05) is 49.4 Å². The molecule has 2 aromatic rings. The standard InChI is InChI=1S/C18H19BrN2O3/c1-2-21(11-14-6-7-16-17(9-14)24-12-23-16)18(22)20-10-13-4-3-5-15(19)8-13/h3-9H,2,10-12H2,1H3,(H,20,22). The van der Waals surface area contributed by atoms with Crippen molar-refractivity contribution in [2.24, 2.45) is 0 Å². The van der Waals surface area contributed by atoms with E-state index in [1.165, 1.54) is 0 Å². The average Bonchev–Trinajstić information content (AvgIpc) is 3.05. The maximum Gasteiger partial charge on any atom is 0.317 e. The third-order valence-corrected chi connectivity index (χ3v) is 4.31. The molecule has 5 nitrogen and oxygen atoms in total. The lowest BCUT2D eigenvalue weighted by Crippen LogP contribution is -2.39. The first-order valence-corrected chi connectivity index (χ1v) is 8.60. The van der Waals surface area contributed by atoms with Crippen LogP contribution in [0.3, 0.4) is 0 Å². The molecule has 3 rings (SSSR count). The molecule has 1 N–H and O–H groups in total. The summed E-state index contributed by atoms with van der Waals surface area (Å²) in [5, 5.41) is 2.96. The fraction of sp³-hybridized carbons (Fsp3) is 0.278. The van der Waals surface area contributed by atoms with Crippen LogP contribution in [-0.2, 0) is 13.1 Å². The van der Waals surface area contributed by atoms with Gasteiger partial charge in [-0.3, -0.25) is 0 Å². The zero-order valence-electron chi connectivity index (χ0n) is 13.4. The molecule has 1 aliphatic heterocycles. The van der Waals surface area contributed by atoms with Crippen LogP contribution in [0.1, 0.15) is 18.1 Å². The Bertz CT molecular complexity index is 736. The van der Waals surface area contributed by atoms with Crippen LogP contribution in [0, 0.1) is 0 Å². The summed E-state index contributed by atoms with van der Waals surface area (Å²) in [6, 6.07) is 13.6. The quantitative estimate of drug-likeness (QED) is 0.841. The molecule has 2 aromatic carbocycles. The summed E-state index contributed by atoms with van der Waals surface area (Å²) in [6.07, 6.45) is 0. The van der Waals surface area contributed by atoms with Crippen LogP contribution in [0.25, 0.3) is 0 Å².